The molecule has 90 valence electrons. The Balaban J connectivity index is 0.000000151. The SMILES string of the molecule is CCC1CCNC1.CCN1CCC(C)C1. The van der Waals surface area contributed by atoms with E-state index in [-0.39, 0.29) is 0 Å². The van der Waals surface area contributed by atoms with Gasteiger partial charge in [0.15, 0.2) is 0 Å². The van der Waals surface area contributed by atoms with Crippen molar-refractivity contribution in [3.63, 3.8) is 0 Å². The quantitative estimate of drug-likeness (QED) is 0.756. The smallest absolute Gasteiger partial charge is 0.000738 e. The second-order valence-corrected chi connectivity index (χ2v) is 5.05. The summed E-state index contributed by atoms with van der Waals surface area (Å²) in [5, 5.41) is 3.32. The molecule has 0 radical (unpaired) electrons. The van der Waals surface area contributed by atoms with Gasteiger partial charge < -0.3 is 10.2 Å². The summed E-state index contributed by atoms with van der Waals surface area (Å²) in [6.07, 6.45) is 4.16. The molecule has 2 unspecified atom stereocenters. The van der Waals surface area contributed by atoms with Crippen LogP contribution in [-0.4, -0.2) is 37.6 Å². The highest BCUT2D eigenvalue weighted by molar-refractivity contribution is 4.70. The van der Waals surface area contributed by atoms with Crippen LogP contribution in [0.1, 0.15) is 40.0 Å². The fourth-order valence-electron chi connectivity index (χ4n) is 2.38. The van der Waals surface area contributed by atoms with Gasteiger partial charge >= 0.3 is 0 Å². The standard InChI is InChI=1S/C7H15N.C6H13N/c1-3-8-5-4-7(2)6-8;1-2-6-3-4-7-5-6/h7H,3-6H2,1-2H3;6-7H,2-5H2,1H3. The van der Waals surface area contributed by atoms with E-state index in [1.54, 1.807) is 0 Å². The molecule has 2 saturated heterocycles. The van der Waals surface area contributed by atoms with E-state index in [4.69, 9.17) is 0 Å². The Bertz CT molecular complexity index is 153. The summed E-state index contributed by atoms with van der Waals surface area (Å²) in [7, 11) is 0. The lowest BCUT2D eigenvalue weighted by molar-refractivity contribution is 0.346. The maximum absolute atomic E-state index is 3.32. The number of hydrogen-bond donors (Lipinski definition) is 1. The van der Waals surface area contributed by atoms with E-state index in [1.807, 2.05) is 0 Å². The van der Waals surface area contributed by atoms with E-state index >= 15 is 0 Å². The summed E-state index contributed by atoms with van der Waals surface area (Å²) in [6, 6.07) is 0. The third-order valence-electron chi connectivity index (χ3n) is 3.69. The molecule has 2 atom stereocenters. The molecule has 2 heteroatoms. The molecule has 2 fully saturated rings. The first kappa shape index (κ1) is 13.0. The fourth-order valence-corrected chi connectivity index (χ4v) is 2.38. The largest absolute Gasteiger partial charge is 0.316 e. The van der Waals surface area contributed by atoms with E-state index in [0.717, 1.165) is 11.8 Å². The van der Waals surface area contributed by atoms with E-state index in [1.165, 1.54) is 52.0 Å². The highest BCUT2D eigenvalue weighted by Crippen LogP contribution is 2.13. The predicted octanol–water partition coefficient (Wildman–Crippen LogP) is 2.35. The molecule has 2 nitrogen and oxygen atoms in total. The maximum atomic E-state index is 3.32. The Kier molecular flexibility index (Phi) is 6.26. The van der Waals surface area contributed by atoms with Crippen molar-refractivity contribution in [1.29, 1.82) is 0 Å². The number of nitrogens with one attached hydrogen (secondary N) is 1. The first-order chi connectivity index (χ1) is 7.26. The van der Waals surface area contributed by atoms with E-state index in [2.05, 4.69) is 31.0 Å². The molecule has 0 aromatic rings. The van der Waals surface area contributed by atoms with Crippen molar-refractivity contribution in [2.75, 3.05) is 32.7 Å². The highest BCUT2D eigenvalue weighted by Gasteiger charge is 2.15. The highest BCUT2D eigenvalue weighted by atomic mass is 15.1. The van der Waals surface area contributed by atoms with Crippen LogP contribution in [0.25, 0.3) is 0 Å². The van der Waals surface area contributed by atoms with Crippen LogP contribution in [0.15, 0.2) is 0 Å². The zero-order valence-corrected chi connectivity index (χ0v) is 10.8. The molecule has 0 aliphatic carbocycles. The van der Waals surface area contributed by atoms with Gasteiger partial charge in [-0.05, 0) is 50.9 Å². The van der Waals surface area contributed by atoms with Crippen molar-refractivity contribution in [2.45, 2.75) is 40.0 Å². The Morgan fingerprint density at radius 1 is 1.27 bits per heavy atom. The molecule has 0 bridgehead atoms. The molecule has 0 aromatic carbocycles. The van der Waals surface area contributed by atoms with E-state index < -0.39 is 0 Å². The number of likely N-dealkylation sites (tertiary alicyclic amines) is 1. The molecule has 2 aliphatic rings. The Labute approximate surface area is 95.4 Å². The van der Waals surface area contributed by atoms with E-state index in [0.29, 0.717) is 0 Å². The van der Waals surface area contributed by atoms with Gasteiger partial charge in [0.05, 0.1) is 0 Å². The Hall–Kier alpha value is -0.0800. The van der Waals surface area contributed by atoms with Gasteiger partial charge in [0.1, 0.15) is 0 Å². The monoisotopic (exact) mass is 212 g/mol. The summed E-state index contributed by atoms with van der Waals surface area (Å²) >= 11 is 0. The van der Waals surface area contributed by atoms with Crippen molar-refractivity contribution >= 4 is 0 Å². The molecule has 2 aliphatic heterocycles. The second kappa shape index (κ2) is 7.24. The first-order valence-electron chi connectivity index (χ1n) is 6.69. The van der Waals surface area contributed by atoms with Gasteiger partial charge in [0.25, 0.3) is 0 Å². The van der Waals surface area contributed by atoms with Crippen LogP contribution in [0.5, 0.6) is 0 Å². The lowest BCUT2D eigenvalue weighted by Gasteiger charge is -2.09. The van der Waals surface area contributed by atoms with E-state index in [9.17, 15) is 0 Å². The van der Waals surface area contributed by atoms with Gasteiger partial charge in [-0.1, -0.05) is 27.2 Å². The minimum absolute atomic E-state index is 0.954. The first-order valence-corrected chi connectivity index (χ1v) is 6.69. The van der Waals surface area contributed by atoms with Gasteiger partial charge in [0, 0.05) is 6.54 Å². The zero-order valence-electron chi connectivity index (χ0n) is 10.8. The molecule has 0 saturated carbocycles. The third-order valence-corrected chi connectivity index (χ3v) is 3.69. The van der Waals surface area contributed by atoms with Gasteiger partial charge in [-0.25, -0.2) is 0 Å². The van der Waals surface area contributed by atoms with Crippen LogP contribution in [-0.2, 0) is 0 Å². The number of rotatable bonds is 2. The molecule has 2 heterocycles. The molecule has 0 amide bonds. The van der Waals surface area contributed by atoms with Gasteiger partial charge in [-0.2, -0.15) is 0 Å². The molecule has 2 rings (SSSR count). The lowest BCUT2D eigenvalue weighted by atomic mass is 10.1. The van der Waals surface area contributed by atoms with Crippen LogP contribution >= 0.6 is 0 Å². The van der Waals surface area contributed by atoms with Crippen molar-refractivity contribution in [3.8, 4) is 0 Å². The van der Waals surface area contributed by atoms with Crippen LogP contribution in [0.3, 0.4) is 0 Å². The molecule has 0 aromatic heterocycles. The van der Waals surface area contributed by atoms with Crippen molar-refractivity contribution in [1.82, 2.24) is 10.2 Å². The summed E-state index contributed by atoms with van der Waals surface area (Å²) < 4.78 is 0. The van der Waals surface area contributed by atoms with Crippen LogP contribution < -0.4 is 5.32 Å². The van der Waals surface area contributed by atoms with Gasteiger partial charge in [-0.3, -0.25) is 0 Å². The molecule has 1 N–H and O–H groups in total. The minimum atomic E-state index is 0.954. The number of nitrogens with zero attached hydrogens (tertiary/aromatic N) is 1. The van der Waals surface area contributed by atoms with Gasteiger partial charge in [0.2, 0.25) is 0 Å². The second-order valence-electron chi connectivity index (χ2n) is 5.05. The van der Waals surface area contributed by atoms with Crippen LogP contribution in [0.2, 0.25) is 0 Å². The summed E-state index contributed by atoms with van der Waals surface area (Å²) in [5.74, 6) is 1.94. The molecule has 0 spiro atoms. The number of hydrogen-bond acceptors (Lipinski definition) is 2. The summed E-state index contributed by atoms with van der Waals surface area (Å²) in [6.45, 7) is 13.2. The maximum Gasteiger partial charge on any atom is 0.000738 e. The molecular formula is C13H28N2. The fraction of sp³-hybridized carbons (Fsp3) is 1.00. The summed E-state index contributed by atoms with van der Waals surface area (Å²) in [5.41, 5.74) is 0. The average Bonchev–Trinajstić information content (AvgIpc) is 2.88. The Morgan fingerprint density at radius 3 is 2.33 bits per heavy atom. The summed E-state index contributed by atoms with van der Waals surface area (Å²) in [4.78, 5) is 2.50. The lowest BCUT2D eigenvalue weighted by Crippen LogP contribution is -2.18. The van der Waals surface area contributed by atoms with Crippen LogP contribution in [0, 0.1) is 11.8 Å². The topological polar surface area (TPSA) is 15.3 Å². The molecule has 15 heavy (non-hydrogen) atoms. The van der Waals surface area contributed by atoms with Crippen molar-refractivity contribution in [2.24, 2.45) is 11.8 Å². The zero-order chi connectivity index (χ0) is 11.1. The van der Waals surface area contributed by atoms with Crippen molar-refractivity contribution in [3.05, 3.63) is 0 Å². The third kappa shape index (κ3) is 4.98. The Morgan fingerprint density at radius 2 is 2.07 bits per heavy atom. The predicted molar refractivity (Wildman–Crippen MR) is 67.2 cm³/mol. The van der Waals surface area contributed by atoms with Gasteiger partial charge in [-0.15, -0.1) is 0 Å². The van der Waals surface area contributed by atoms with Crippen molar-refractivity contribution < 1.29 is 0 Å². The molecular weight excluding hydrogens is 184 g/mol. The average molecular weight is 212 g/mol. The normalized spacial score (nSPS) is 31.4. The van der Waals surface area contributed by atoms with Crippen LogP contribution in [0.4, 0.5) is 0 Å². The minimum Gasteiger partial charge on any atom is -0.316 e.